The maximum Gasteiger partial charge on any atom is 0.246 e. The van der Waals surface area contributed by atoms with Crippen LogP contribution in [0.1, 0.15) is 0 Å². The SMILES string of the molecule is O=C(Cn1ncc(=O)c2ccccc21)Nc1ccc(-n2cnc3ccccc32)cc1. The first-order valence-electron chi connectivity index (χ1n) is 9.46. The highest BCUT2D eigenvalue weighted by atomic mass is 16.2. The number of nitrogens with one attached hydrogen (secondary N) is 1. The molecule has 2 aromatic heterocycles. The molecule has 0 unspecified atom stereocenters. The number of para-hydroxylation sites is 3. The molecule has 0 atom stereocenters. The molecular formula is C23H17N5O2. The number of aromatic nitrogens is 4. The normalized spacial score (nSPS) is 11.1. The monoisotopic (exact) mass is 395 g/mol. The van der Waals surface area contributed by atoms with Gasteiger partial charge in [0, 0.05) is 16.8 Å². The van der Waals surface area contributed by atoms with Crippen LogP contribution in [0, 0.1) is 0 Å². The van der Waals surface area contributed by atoms with Crippen molar-refractivity contribution >= 4 is 33.5 Å². The summed E-state index contributed by atoms with van der Waals surface area (Å²) in [4.78, 5) is 28.9. The molecule has 7 heteroatoms. The summed E-state index contributed by atoms with van der Waals surface area (Å²) in [5.41, 5.74) is 4.04. The van der Waals surface area contributed by atoms with E-state index < -0.39 is 0 Å². The lowest BCUT2D eigenvalue weighted by Crippen LogP contribution is -2.22. The van der Waals surface area contributed by atoms with E-state index in [0.29, 0.717) is 16.6 Å². The first-order chi connectivity index (χ1) is 14.7. The lowest BCUT2D eigenvalue weighted by Gasteiger charge is -2.10. The highest BCUT2D eigenvalue weighted by Gasteiger charge is 2.09. The number of amides is 1. The van der Waals surface area contributed by atoms with E-state index in [2.05, 4.69) is 15.4 Å². The summed E-state index contributed by atoms with van der Waals surface area (Å²) < 4.78 is 3.52. The van der Waals surface area contributed by atoms with Crippen LogP contribution in [0.15, 0.2) is 90.1 Å². The molecule has 1 N–H and O–H groups in total. The predicted octanol–water partition coefficient (Wildman–Crippen LogP) is 3.37. The van der Waals surface area contributed by atoms with Gasteiger partial charge in [0.15, 0.2) is 0 Å². The van der Waals surface area contributed by atoms with Crippen molar-refractivity contribution in [2.24, 2.45) is 0 Å². The van der Waals surface area contributed by atoms with Gasteiger partial charge < -0.3 is 5.32 Å². The summed E-state index contributed by atoms with van der Waals surface area (Å²) in [6.45, 7) is 0.00863. The van der Waals surface area contributed by atoms with Crippen LogP contribution >= 0.6 is 0 Å². The fraction of sp³-hybridized carbons (Fsp3) is 0.0435. The van der Waals surface area contributed by atoms with E-state index in [0.717, 1.165) is 16.7 Å². The number of nitrogens with zero attached hydrogens (tertiary/aromatic N) is 4. The third kappa shape index (κ3) is 3.22. The van der Waals surface area contributed by atoms with Gasteiger partial charge in [0.2, 0.25) is 11.3 Å². The third-order valence-electron chi connectivity index (χ3n) is 4.94. The number of imidazole rings is 1. The molecule has 30 heavy (non-hydrogen) atoms. The molecule has 0 spiro atoms. The van der Waals surface area contributed by atoms with Crippen LogP contribution in [-0.2, 0) is 11.3 Å². The molecule has 1 amide bonds. The van der Waals surface area contributed by atoms with Gasteiger partial charge in [-0.2, -0.15) is 5.10 Å². The smallest absolute Gasteiger partial charge is 0.246 e. The fourth-order valence-electron chi connectivity index (χ4n) is 3.49. The quantitative estimate of drug-likeness (QED) is 0.506. The van der Waals surface area contributed by atoms with Gasteiger partial charge in [0.1, 0.15) is 12.9 Å². The minimum absolute atomic E-state index is 0.00863. The van der Waals surface area contributed by atoms with E-state index in [4.69, 9.17) is 0 Å². The second-order valence-electron chi connectivity index (χ2n) is 6.88. The zero-order valence-corrected chi connectivity index (χ0v) is 15.9. The van der Waals surface area contributed by atoms with Crippen molar-refractivity contribution in [2.75, 3.05) is 5.32 Å². The zero-order chi connectivity index (χ0) is 20.5. The summed E-state index contributed by atoms with van der Waals surface area (Å²) in [5, 5.41) is 7.51. The Hall–Kier alpha value is -4.26. The van der Waals surface area contributed by atoms with Crippen LogP contribution in [0.4, 0.5) is 5.69 Å². The van der Waals surface area contributed by atoms with Crippen molar-refractivity contribution in [3.63, 3.8) is 0 Å². The Labute approximate surface area is 171 Å². The van der Waals surface area contributed by atoms with E-state index in [1.807, 2.05) is 59.2 Å². The number of anilines is 1. The number of hydrogen-bond donors (Lipinski definition) is 1. The van der Waals surface area contributed by atoms with Crippen molar-refractivity contribution in [3.05, 3.63) is 95.5 Å². The van der Waals surface area contributed by atoms with Gasteiger partial charge in [-0.25, -0.2) is 4.98 Å². The Morgan fingerprint density at radius 2 is 1.63 bits per heavy atom. The summed E-state index contributed by atoms with van der Waals surface area (Å²) in [6.07, 6.45) is 3.02. The fourth-order valence-corrected chi connectivity index (χ4v) is 3.49. The van der Waals surface area contributed by atoms with E-state index in [1.54, 1.807) is 24.5 Å². The molecule has 2 heterocycles. The highest BCUT2D eigenvalue weighted by molar-refractivity contribution is 5.91. The molecule has 5 aromatic rings. The molecule has 7 nitrogen and oxygen atoms in total. The molecule has 0 aliphatic heterocycles. The van der Waals surface area contributed by atoms with Gasteiger partial charge in [-0.3, -0.25) is 18.8 Å². The number of carbonyl (C=O) groups is 1. The first kappa shape index (κ1) is 17.8. The second-order valence-corrected chi connectivity index (χ2v) is 6.88. The molecule has 0 bridgehead atoms. The molecule has 146 valence electrons. The molecule has 0 fully saturated rings. The van der Waals surface area contributed by atoms with Crippen LogP contribution in [0.2, 0.25) is 0 Å². The second kappa shape index (κ2) is 7.29. The standard InChI is InChI=1S/C23H17N5O2/c29-22-13-25-28(20-7-3-1-5-18(20)22)14-23(30)26-16-9-11-17(12-10-16)27-15-24-19-6-2-4-8-21(19)27/h1-13,15H,14H2,(H,26,30). The number of carbonyl (C=O) groups excluding carboxylic acids is 1. The van der Waals surface area contributed by atoms with E-state index in [1.165, 1.54) is 10.9 Å². The third-order valence-corrected chi connectivity index (χ3v) is 4.94. The molecule has 3 aromatic carbocycles. The van der Waals surface area contributed by atoms with Crippen LogP contribution in [0.5, 0.6) is 0 Å². The Balaban J connectivity index is 1.35. The van der Waals surface area contributed by atoms with Crippen molar-refractivity contribution < 1.29 is 4.79 Å². The van der Waals surface area contributed by atoms with E-state index in [-0.39, 0.29) is 17.9 Å². The Bertz CT molecular complexity index is 1430. The average molecular weight is 395 g/mol. The van der Waals surface area contributed by atoms with Crippen LogP contribution < -0.4 is 10.7 Å². The van der Waals surface area contributed by atoms with E-state index in [9.17, 15) is 9.59 Å². The lowest BCUT2D eigenvalue weighted by molar-refractivity contribution is -0.116. The van der Waals surface area contributed by atoms with Gasteiger partial charge in [0.05, 0.1) is 22.7 Å². The maximum absolute atomic E-state index is 12.5. The van der Waals surface area contributed by atoms with Gasteiger partial charge in [-0.05, 0) is 48.5 Å². The average Bonchev–Trinajstić information content (AvgIpc) is 3.21. The van der Waals surface area contributed by atoms with Crippen molar-refractivity contribution in [3.8, 4) is 5.69 Å². The maximum atomic E-state index is 12.5. The van der Waals surface area contributed by atoms with E-state index >= 15 is 0 Å². The number of benzene rings is 3. The minimum atomic E-state index is -0.225. The van der Waals surface area contributed by atoms with Crippen LogP contribution in [0.25, 0.3) is 27.6 Å². The highest BCUT2D eigenvalue weighted by Crippen LogP contribution is 2.19. The molecule has 5 rings (SSSR count). The van der Waals surface area contributed by atoms with Crippen LogP contribution in [0.3, 0.4) is 0 Å². The minimum Gasteiger partial charge on any atom is -0.324 e. The van der Waals surface area contributed by atoms with Crippen molar-refractivity contribution in [1.29, 1.82) is 0 Å². The molecule has 0 aliphatic carbocycles. The van der Waals surface area contributed by atoms with Gasteiger partial charge >= 0.3 is 0 Å². The summed E-state index contributed by atoms with van der Waals surface area (Å²) in [6, 6.07) is 22.6. The Morgan fingerprint density at radius 1 is 0.900 bits per heavy atom. The van der Waals surface area contributed by atoms with Crippen LogP contribution in [-0.4, -0.2) is 25.2 Å². The van der Waals surface area contributed by atoms with Gasteiger partial charge in [0.25, 0.3) is 0 Å². The molecule has 0 radical (unpaired) electrons. The molecular weight excluding hydrogens is 378 g/mol. The number of rotatable bonds is 4. The summed E-state index contributed by atoms with van der Waals surface area (Å²) >= 11 is 0. The zero-order valence-electron chi connectivity index (χ0n) is 15.9. The van der Waals surface area contributed by atoms with Gasteiger partial charge in [-0.1, -0.05) is 24.3 Å². The summed E-state index contributed by atoms with van der Waals surface area (Å²) in [5.74, 6) is -0.225. The van der Waals surface area contributed by atoms with Crippen molar-refractivity contribution in [2.45, 2.75) is 6.54 Å². The Morgan fingerprint density at radius 3 is 2.47 bits per heavy atom. The number of hydrogen-bond acceptors (Lipinski definition) is 4. The number of fused-ring (bicyclic) bond motifs is 2. The predicted molar refractivity (Wildman–Crippen MR) is 116 cm³/mol. The Kier molecular flexibility index (Phi) is 4.33. The molecule has 0 saturated heterocycles. The largest absolute Gasteiger partial charge is 0.324 e. The van der Waals surface area contributed by atoms with Gasteiger partial charge in [-0.15, -0.1) is 0 Å². The lowest BCUT2D eigenvalue weighted by atomic mass is 10.2. The van der Waals surface area contributed by atoms with Crippen molar-refractivity contribution in [1.82, 2.24) is 19.3 Å². The molecule has 0 saturated carbocycles. The first-order valence-corrected chi connectivity index (χ1v) is 9.46. The topological polar surface area (TPSA) is 81.8 Å². The summed E-state index contributed by atoms with van der Waals surface area (Å²) in [7, 11) is 0. The molecule has 0 aliphatic rings.